The standard InChI is InChI=1S/C15H15N5O2/c1-9-4-3-5-12(10(9)2)20-14-11(6-18-20)15(22)19(8-17-14)7-13(16)21/h3-6,8H,7H2,1-2H3,(H2,16,21). The molecule has 0 aliphatic carbocycles. The lowest BCUT2D eigenvalue weighted by molar-refractivity contribution is -0.118. The monoisotopic (exact) mass is 297 g/mol. The highest BCUT2D eigenvalue weighted by molar-refractivity contribution is 5.77. The van der Waals surface area contributed by atoms with Crippen molar-refractivity contribution in [1.82, 2.24) is 19.3 Å². The molecule has 3 rings (SSSR count). The first-order valence-corrected chi connectivity index (χ1v) is 6.77. The molecule has 0 radical (unpaired) electrons. The van der Waals surface area contributed by atoms with E-state index >= 15 is 0 Å². The van der Waals surface area contributed by atoms with Crippen LogP contribution in [0.4, 0.5) is 0 Å². The van der Waals surface area contributed by atoms with Crippen molar-refractivity contribution in [1.29, 1.82) is 0 Å². The average molecular weight is 297 g/mol. The summed E-state index contributed by atoms with van der Waals surface area (Å²) in [6, 6.07) is 5.86. The van der Waals surface area contributed by atoms with Gasteiger partial charge in [-0.05, 0) is 31.0 Å². The molecule has 3 aromatic rings. The van der Waals surface area contributed by atoms with Gasteiger partial charge in [0.1, 0.15) is 18.3 Å². The van der Waals surface area contributed by atoms with Gasteiger partial charge >= 0.3 is 0 Å². The van der Waals surface area contributed by atoms with Gasteiger partial charge in [0.05, 0.1) is 11.9 Å². The van der Waals surface area contributed by atoms with Crippen LogP contribution in [0, 0.1) is 13.8 Å². The van der Waals surface area contributed by atoms with E-state index in [1.165, 1.54) is 17.1 Å². The SMILES string of the molecule is Cc1cccc(-n2ncc3c(=O)n(CC(N)=O)cnc32)c1C. The van der Waals surface area contributed by atoms with Crippen LogP contribution in [0.2, 0.25) is 0 Å². The van der Waals surface area contributed by atoms with Gasteiger partial charge in [-0.3, -0.25) is 14.2 Å². The molecule has 0 saturated heterocycles. The number of aromatic nitrogens is 4. The zero-order valence-electron chi connectivity index (χ0n) is 12.3. The topological polar surface area (TPSA) is 95.8 Å². The highest BCUT2D eigenvalue weighted by Crippen LogP contribution is 2.19. The van der Waals surface area contributed by atoms with Crippen LogP contribution in [0.15, 0.2) is 35.5 Å². The van der Waals surface area contributed by atoms with Crippen LogP contribution < -0.4 is 11.3 Å². The van der Waals surface area contributed by atoms with Crippen LogP contribution in [-0.2, 0) is 11.3 Å². The molecule has 1 aromatic carbocycles. The predicted octanol–water partition coefficient (Wildman–Crippen LogP) is 0.684. The third kappa shape index (κ3) is 2.16. The van der Waals surface area contributed by atoms with Crippen LogP contribution in [0.25, 0.3) is 16.7 Å². The normalized spacial score (nSPS) is 11.0. The van der Waals surface area contributed by atoms with Crippen LogP contribution >= 0.6 is 0 Å². The van der Waals surface area contributed by atoms with Gasteiger partial charge in [-0.25, -0.2) is 9.67 Å². The lowest BCUT2D eigenvalue weighted by Gasteiger charge is -2.09. The fourth-order valence-electron chi connectivity index (χ4n) is 2.37. The summed E-state index contributed by atoms with van der Waals surface area (Å²) >= 11 is 0. The van der Waals surface area contributed by atoms with Crippen molar-refractivity contribution in [3.8, 4) is 5.69 Å². The summed E-state index contributed by atoms with van der Waals surface area (Å²) in [6.07, 6.45) is 2.78. The summed E-state index contributed by atoms with van der Waals surface area (Å²) in [7, 11) is 0. The maximum atomic E-state index is 12.3. The Labute approximate surface area is 126 Å². The fraction of sp³-hybridized carbons (Fsp3) is 0.200. The van der Waals surface area contributed by atoms with Crippen molar-refractivity contribution in [3.63, 3.8) is 0 Å². The van der Waals surface area contributed by atoms with E-state index in [0.717, 1.165) is 16.8 Å². The number of aryl methyl sites for hydroxylation is 1. The molecular formula is C15H15N5O2. The number of benzene rings is 1. The predicted molar refractivity (Wildman–Crippen MR) is 81.8 cm³/mol. The third-order valence-electron chi connectivity index (χ3n) is 3.68. The maximum Gasteiger partial charge on any atom is 0.264 e. The summed E-state index contributed by atoms with van der Waals surface area (Å²) in [5.74, 6) is -0.592. The number of hydrogen-bond acceptors (Lipinski definition) is 4. The van der Waals surface area contributed by atoms with Crippen molar-refractivity contribution < 1.29 is 4.79 Å². The molecule has 2 aromatic heterocycles. The molecular weight excluding hydrogens is 282 g/mol. The second kappa shape index (κ2) is 5.10. The zero-order valence-corrected chi connectivity index (χ0v) is 12.3. The molecule has 0 bridgehead atoms. The van der Waals surface area contributed by atoms with E-state index in [1.807, 2.05) is 32.0 Å². The minimum absolute atomic E-state index is 0.198. The molecule has 7 heteroatoms. The van der Waals surface area contributed by atoms with E-state index < -0.39 is 5.91 Å². The number of nitrogens with zero attached hydrogens (tertiary/aromatic N) is 4. The summed E-state index contributed by atoms with van der Waals surface area (Å²) in [6.45, 7) is 3.81. The minimum Gasteiger partial charge on any atom is -0.368 e. The van der Waals surface area contributed by atoms with Gasteiger partial charge in [0, 0.05) is 0 Å². The van der Waals surface area contributed by atoms with Gasteiger partial charge in [-0.2, -0.15) is 5.10 Å². The number of carbonyl (C=O) groups is 1. The molecule has 0 spiro atoms. The highest BCUT2D eigenvalue weighted by atomic mass is 16.2. The largest absolute Gasteiger partial charge is 0.368 e. The molecule has 0 aliphatic rings. The van der Waals surface area contributed by atoms with Crippen molar-refractivity contribution in [3.05, 3.63) is 52.2 Å². The molecule has 0 aliphatic heterocycles. The number of nitrogens with two attached hydrogens (primary N) is 1. The van der Waals surface area contributed by atoms with E-state index in [4.69, 9.17) is 5.73 Å². The van der Waals surface area contributed by atoms with E-state index in [0.29, 0.717) is 11.0 Å². The first kappa shape index (κ1) is 14.0. The van der Waals surface area contributed by atoms with E-state index in [-0.39, 0.29) is 12.1 Å². The van der Waals surface area contributed by atoms with Crippen LogP contribution in [0.1, 0.15) is 11.1 Å². The van der Waals surface area contributed by atoms with Crippen LogP contribution in [0.5, 0.6) is 0 Å². The molecule has 2 heterocycles. The van der Waals surface area contributed by atoms with Crippen molar-refractivity contribution >= 4 is 16.9 Å². The van der Waals surface area contributed by atoms with Crippen LogP contribution in [0.3, 0.4) is 0 Å². The highest BCUT2D eigenvalue weighted by Gasteiger charge is 2.13. The Morgan fingerprint density at radius 1 is 1.32 bits per heavy atom. The van der Waals surface area contributed by atoms with Crippen molar-refractivity contribution in [2.45, 2.75) is 20.4 Å². The summed E-state index contributed by atoms with van der Waals surface area (Å²) in [5.41, 5.74) is 8.31. The Hall–Kier alpha value is -2.96. The zero-order chi connectivity index (χ0) is 15.9. The Kier molecular flexibility index (Phi) is 3.25. The molecule has 0 fully saturated rings. The Bertz CT molecular complexity index is 939. The number of rotatable bonds is 3. The summed E-state index contributed by atoms with van der Waals surface area (Å²) < 4.78 is 2.81. The summed E-state index contributed by atoms with van der Waals surface area (Å²) in [5, 5.41) is 4.62. The Morgan fingerprint density at radius 3 is 2.82 bits per heavy atom. The molecule has 0 atom stereocenters. The number of fused-ring (bicyclic) bond motifs is 1. The van der Waals surface area contributed by atoms with Crippen LogP contribution in [-0.4, -0.2) is 25.2 Å². The summed E-state index contributed by atoms with van der Waals surface area (Å²) in [4.78, 5) is 27.6. The lowest BCUT2D eigenvalue weighted by Crippen LogP contribution is -2.28. The first-order valence-electron chi connectivity index (χ1n) is 6.77. The third-order valence-corrected chi connectivity index (χ3v) is 3.68. The molecule has 0 saturated carbocycles. The first-order chi connectivity index (χ1) is 10.5. The second-order valence-electron chi connectivity index (χ2n) is 5.16. The Balaban J connectivity index is 2.22. The number of hydrogen-bond donors (Lipinski definition) is 1. The molecule has 22 heavy (non-hydrogen) atoms. The number of primary amides is 1. The number of carbonyl (C=O) groups excluding carboxylic acids is 1. The van der Waals surface area contributed by atoms with Gasteiger partial charge in [0.25, 0.3) is 5.56 Å². The van der Waals surface area contributed by atoms with Crippen molar-refractivity contribution in [2.24, 2.45) is 5.73 Å². The van der Waals surface area contributed by atoms with Gasteiger partial charge in [0.2, 0.25) is 5.91 Å². The van der Waals surface area contributed by atoms with E-state index in [9.17, 15) is 9.59 Å². The van der Waals surface area contributed by atoms with E-state index in [1.54, 1.807) is 4.68 Å². The quantitative estimate of drug-likeness (QED) is 0.769. The van der Waals surface area contributed by atoms with Crippen molar-refractivity contribution in [2.75, 3.05) is 0 Å². The average Bonchev–Trinajstić information content (AvgIpc) is 2.89. The smallest absolute Gasteiger partial charge is 0.264 e. The van der Waals surface area contributed by atoms with Gasteiger partial charge in [-0.15, -0.1) is 0 Å². The fourth-order valence-corrected chi connectivity index (χ4v) is 2.37. The second-order valence-corrected chi connectivity index (χ2v) is 5.16. The lowest BCUT2D eigenvalue weighted by atomic mass is 10.1. The van der Waals surface area contributed by atoms with Gasteiger partial charge < -0.3 is 5.73 Å². The Morgan fingerprint density at radius 2 is 2.09 bits per heavy atom. The molecule has 112 valence electrons. The van der Waals surface area contributed by atoms with E-state index in [2.05, 4.69) is 10.1 Å². The van der Waals surface area contributed by atoms with Gasteiger partial charge in [0.15, 0.2) is 5.65 Å². The number of amides is 1. The molecule has 7 nitrogen and oxygen atoms in total. The molecule has 1 amide bonds. The molecule has 2 N–H and O–H groups in total. The molecule has 0 unspecified atom stereocenters. The van der Waals surface area contributed by atoms with Gasteiger partial charge in [-0.1, -0.05) is 12.1 Å². The maximum absolute atomic E-state index is 12.3. The minimum atomic E-state index is -0.592.